The summed E-state index contributed by atoms with van der Waals surface area (Å²) in [7, 11) is 0. The highest BCUT2D eigenvalue weighted by atomic mass is 16.3. The van der Waals surface area contributed by atoms with Crippen LogP contribution in [0.5, 0.6) is 0 Å². The molecule has 1 heterocycles. The second-order valence-electron chi connectivity index (χ2n) is 6.71. The lowest BCUT2D eigenvalue weighted by Crippen LogP contribution is -2.45. The summed E-state index contributed by atoms with van der Waals surface area (Å²) < 4.78 is 0. The molecule has 0 spiro atoms. The topological polar surface area (TPSA) is 61.4 Å². The zero-order chi connectivity index (χ0) is 15.5. The van der Waals surface area contributed by atoms with Gasteiger partial charge in [-0.15, -0.1) is 0 Å². The van der Waals surface area contributed by atoms with Crippen molar-refractivity contribution < 1.29 is 9.90 Å². The summed E-state index contributed by atoms with van der Waals surface area (Å²) in [6.45, 7) is 6.93. The molecule has 0 radical (unpaired) electrons. The van der Waals surface area contributed by atoms with Gasteiger partial charge in [0.15, 0.2) is 0 Å². The van der Waals surface area contributed by atoms with E-state index < -0.39 is 6.10 Å². The highest BCUT2D eigenvalue weighted by Crippen LogP contribution is 2.28. The molecule has 0 bridgehead atoms. The average Bonchev–Trinajstić information content (AvgIpc) is 2.86. The lowest BCUT2D eigenvalue weighted by molar-refractivity contribution is -0.123. The number of carbonyl (C=O) groups is 1. The number of nitrogens with one attached hydrogen (secondary N) is 2. The third-order valence-electron chi connectivity index (χ3n) is 4.18. The van der Waals surface area contributed by atoms with Gasteiger partial charge in [-0.05, 0) is 30.7 Å². The predicted octanol–water partition coefficient (Wildman–Crippen LogP) is 1.58. The van der Waals surface area contributed by atoms with Crippen molar-refractivity contribution >= 4 is 5.91 Å². The van der Waals surface area contributed by atoms with Crippen molar-refractivity contribution in [2.45, 2.75) is 57.2 Å². The maximum absolute atomic E-state index is 12.1. The van der Waals surface area contributed by atoms with Crippen molar-refractivity contribution in [1.82, 2.24) is 10.6 Å². The number of carbonyl (C=O) groups excluding carboxylic acids is 1. The molecule has 1 aromatic rings. The quantitative estimate of drug-likeness (QED) is 0.771. The Morgan fingerprint density at radius 2 is 2.10 bits per heavy atom. The minimum absolute atomic E-state index is 0.0105. The Kier molecular flexibility index (Phi) is 5.01. The molecule has 0 saturated carbocycles. The highest BCUT2D eigenvalue weighted by molar-refractivity contribution is 5.82. The number of β-amino-alcohol motifs (C(OH)–C–C–N with tert-alkyl or cyclic N) is 1. The van der Waals surface area contributed by atoms with Gasteiger partial charge in [0.2, 0.25) is 5.91 Å². The van der Waals surface area contributed by atoms with E-state index in [1.54, 1.807) is 0 Å². The summed E-state index contributed by atoms with van der Waals surface area (Å²) in [4.78, 5) is 12.1. The van der Waals surface area contributed by atoms with Gasteiger partial charge in [0.05, 0.1) is 12.1 Å². The fourth-order valence-electron chi connectivity index (χ4n) is 3.08. The standard InChI is InChI=1S/C17H26N2O2/c1-12(19-16(21)15-9-14(20)11-18-15)10-17(2,3)13-7-5-4-6-8-13/h4-8,12,14-15,18,20H,9-11H2,1-3H3,(H,19,21). The second kappa shape index (κ2) is 6.58. The predicted molar refractivity (Wildman–Crippen MR) is 84.1 cm³/mol. The Labute approximate surface area is 126 Å². The van der Waals surface area contributed by atoms with Gasteiger partial charge in [0.25, 0.3) is 0 Å². The molecule has 3 N–H and O–H groups in total. The molecule has 3 atom stereocenters. The molecule has 1 saturated heterocycles. The summed E-state index contributed by atoms with van der Waals surface area (Å²) in [6.07, 6.45) is 0.968. The van der Waals surface area contributed by atoms with E-state index in [-0.39, 0.29) is 23.4 Å². The first-order valence-electron chi connectivity index (χ1n) is 7.66. The monoisotopic (exact) mass is 290 g/mol. The number of benzene rings is 1. The average molecular weight is 290 g/mol. The number of hydrogen-bond acceptors (Lipinski definition) is 3. The lowest BCUT2D eigenvalue weighted by atomic mass is 9.79. The lowest BCUT2D eigenvalue weighted by Gasteiger charge is -2.29. The van der Waals surface area contributed by atoms with Crippen molar-refractivity contribution in [2.24, 2.45) is 0 Å². The van der Waals surface area contributed by atoms with Crippen LogP contribution in [-0.4, -0.2) is 35.7 Å². The molecule has 0 aliphatic carbocycles. The fraction of sp³-hybridized carbons (Fsp3) is 0.588. The minimum atomic E-state index is -0.406. The maximum Gasteiger partial charge on any atom is 0.237 e. The molecule has 1 aromatic carbocycles. The molecule has 1 aliphatic rings. The van der Waals surface area contributed by atoms with Crippen LogP contribution in [0.4, 0.5) is 0 Å². The van der Waals surface area contributed by atoms with Gasteiger partial charge < -0.3 is 15.7 Å². The smallest absolute Gasteiger partial charge is 0.237 e. The van der Waals surface area contributed by atoms with Crippen LogP contribution in [0, 0.1) is 0 Å². The summed E-state index contributed by atoms with van der Waals surface area (Å²) in [5, 5.41) is 15.6. The SMILES string of the molecule is CC(CC(C)(C)c1ccccc1)NC(=O)C1CC(O)CN1. The van der Waals surface area contributed by atoms with Crippen LogP contribution >= 0.6 is 0 Å². The summed E-state index contributed by atoms with van der Waals surface area (Å²) in [5.74, 6) is -0.0112. The van der Waals surface area contributed by atoms with Crippen molar-refractivity contribution in [3.63, 3.8) is 0 Å². The van der Waals surface area contributed by atoms with Crippen molar-refractivity contribution in [1.29, 1.82) is 0 Å². The van der Waals surface area contributed by atoms with E-state index in [0.29, 0.717) is 13.0 Å². The van der Waals surface area contributed by atoms with Gasteiger partial charge in [0.1, 0.15) is 0 Å². The van der Waals surface area contributed by atoms with E-state index in [1.807, 2.05) is 25.1 Å². The molecule has 3 unspecified atom stereocenters. The van der Waals surface area contributed by atoms with Crippen LogP contribution in [0.15, 0.2) is 30.3 Å². The van der Waals surface area contributed by atoms with Crippen molar-refractivity contribution in [2.75, 3.05) is 6.54 Å². The second-order valence-corrected chi connectivity index (χ2v) is 6.71. The third-order valence-corrected chi connectivity index (χ3v) is 4.18. The van der Waals surface area contributed by atoms with Crippen LogP contribution in [0.2, 0.25) is 0 Å². The van der Waals surface area contributed by atoms with E-state index in [4.69, 9.17) is 0 Å². The molecule has 1 amide bonds. The summed E-state index contributed by atoms with van der Waals surface area (Å²) in [6, 6.07) is 10.2. The number of hydrogen-bond donors (Lipinski definition) is 3. The number of amides is 1. The van der Waals surface area contributed by atoms with E-state index in [2.05, 4.69) is 36.6 Å². The van der Waals surface area contributed by atoms with E-state index >= 15 is 0 Å². The largest absolute Gasteiger partial charge is 0.392 e. The summed E-state index contributed by atoms with van der Waals surface area (Å²) in [5.41, 5.74) is 1.29. The van der Waals surface area contributed by atoms with E-state index in [0.717, 1.165) is 6.42 Å². The first-order valence-corrected chi connectivity index (χ1v) is 7.66. The molecule has 4 heteroatoms. The Bertz CT molecular complexity index is 473. The van der Waals surface area contributed by atoms with Crippen molar-refractivity contribution in [3.8, 4) is 0 Å². The molecule has 1 aliphatic heterocycles. The fourth-order valence-corrected chi connectivity index (χ4v) is 3.08. The Hall–Kier alpha value is -1.39. The molecule has 2 rings (SSSR count). The van der Waals surface area contributed by atoms with Gasteiger partial charge in [-0.2, -0.15) is 0 Å². The molecule has 21 heavy (non-hydrogen) atoms. The van der Waals surface area contributed by atoms with Gasteiger partial charge in [-0.3, -0.25) is 4.79 Å². The van der Waals surface area contributed by atoms with Gasteiger partial charge >= 0.3 is 0 Å². The first kappa shape index (κ1) is 16.0. The zero-order valence-electron chi connectivity index (χ0n) is 13.1. The molecular formula is C17H26N2O2. The normalized spacial score (nSPS) is 23.8. The Morgan fingerprint density at radius 1 is 1.43 bits per heavy atom. The molecule has 116 valence electrons. The maximum atomic E-state index is 12.1. The Balaban J connectivity index is 1.89. The first-order chi connectivity index (χ1) is 9.88. The number of aliphatic hydroxyl groups is 1. The molecule has 0 aromatic heterocycles. The van der Waals surface area contributed by atoms with Crippen LogP contribution in [0.3, 0.4) is 0 Å². The minimum Gasteiger partial charge on any atom is -0.392 e. The van der Waals surface area contributed by atoms with E-state index in [1.165, 1.54) is 5.56 Å². The Morgan fingerprint density at radius 3 is 2.67 bits per heavy atom. The van der Waals surface area contributed by atoms with Gasteiger partial charge in [0, 0.05) is 12.6 Å². The molecule has 1 fully saturated rings. The number of aliphatic hydroxyl groups excluding tert-OH is 1. The van der Waals surface area contributed by atoms with Crippen LogP contribution in [0.1, 0.15) is 39.2 Å². The van der Waals surface area contributed by atoms with Crippen molar-refractivity contribution in [3.05, 3.63) is 35.9 Å². The third kappa shape index (κ3) is 4.29. The van der Waals surface area contributed by atoms with Gasteiger partial charge in [-0.1, -0.05) is 44.2 Å². The van der Waals surface area contributed by atoms with Crippen LogP contribution in [0.25, 0.3) is 0 Å². The van der Waals surface area contributed by atoms with Crippen LogP contribution in [-0.2, 0) is 10.2 Å². The number of rotatable bonds is 5. The summed E-state index contributed by atoms with van der Waals surface area (Å²) >= 11 is 0. The van der Waals surface area contributed by atoms with Gasteiger partial charge in [-0.25, -0.2) is 0 Å². The molecule has 4 nitrogen and oxygen atoms in total. The molecular weight excluding hydrogens is 264 g/mol. The van der Waals surface area contributed by atoms with Crippen LogP contribution < -0.4 is 10.6 Å². The zero-order valence-corrected chi connectivity index (χ0v) is 13.1. The highest BCUT2D eigenvalue weighted by Gasteiger charge is 2.30. The van der Waals surface area contributed by atoms with E-state index in [9.17, 15) is 9.90 Å².